The van der Waals surface area contributed by atoms with E-state index in [1.165, 1.54) is 28.6 Å². The summed E-state index contributed by atoms with van der Waals surface area (Å²) in [6.07, 6.45) is 1.05. The number of carbonyl (C=O) groups is 1. The molecule has 29 heavy (non-hydrogen) atoms. The fourth-order valence-corrected chi connectivity index (χ4v) is 4.67. The van der Waals surface area contributed by atoms with Crippen LogP contribution in [0.2, 0.25) is 0 Å². The molecular formula is C19H20FN3O5S. The van der Waals surface area contributed by atoms with Crippen LogP contribution in [0.15, 0.2) is 53.4 Å². The maximum Gasteiger partial charge on any atom is 0.269 e. The maximum atomic E-state index is 12.9. The molecule has 0 aliphatic carbocycles. The van der Waals surface area contributed by atoms with Gasteiger partial charge in [0.15, 0.2) is 0 Å². The highest BCUT2D eigenvalue weighted by molar-refractivity contribution is 7.89. The predicted octanol–water partition coefficient (Wildman–Crippen LogP) is 2.25. The highest BCUT2D eigenvalue weighted by Gasteiger charge is 2.30. The lowest BCUT2D eigenvalue weighted by molar-refractivity contribution is -0.384. The minimum atomic E-state index is -3.75. The average Bonchev–Trinajstić information content (AvgIpc) is 2.70. The fraction of sp³-hybridized carbons (Fsp3) is 0.316. The zero-order valence-electron chi connectivity index (χ0n) is 15.5. The van der Waals surface area contributed by atoms with Gasteiger partial charge in [-0.25, -0.2) is 12.8 Å². The number of carbonyl (C=O) groups excluding carboxylic acids is 1. The summed E-state index contributed by atoms with van der Waals surface area (Å²) < 4.78 is 39.6. The van der Waals surface area contributed by atoms with Gasteiger partial charge in [-0.15, -0.1) is 0 Å². The van der Waals surface area contributed by atoms with E-state index in [2.05, 4.69) is 5.32 Å². The minimum absolute atomic E-state index is 0.00175. The lowest BCUT2D eigenvalue weighted by Gasteiger charge is -2.31. The molecule has 1 heterocycles. The Morgan fingerprint density at radius 2 is 1.69 bits per heavy atom. The van der Waals surface area contributed by atoms with Crippen LogP contribution in [0, 0.1) is 15.9 Å². The number of nitrogens with one attached hydrogen (secondary N) is 1. The largest absolute Gasteiger partial charge is 0.353 e. The van der Waals surface area contributed by atoms with Crippen molar-refractivity contribution in [2.24, 2.45) is 0 Å². The van der Waals surface area contributed by atoms with Crippen molar-refractivity contribution in [3.8, 4) is 0 Å². The van der Waals surface area contributed by atoms with E-state index in [9.17, 15) is 27.7 Å². The van der Waals surface area contributed by atoms with Gasteiger partial charge in [0, 0.05) is 31.3 Å². The molecule has 0 bridgehead atoms. The van der Waals surface area contributed by atoms with Gasteiger partial charge in [-0.3, -0.25) is 14.9 Å². The first-order chi connectivity index (χ1) is 13.8. The smallest absolute Gasteiger partial charge is 0.269 e. The fourth-order valence-electron chi connectivity index (χ4n) is 3.20. The Morgan fingerprint density at radius 3 is 2.24 bits per heavy atom. The second-order valence-corrected chi connectivity index (χ2v) is 8.74. The van der Waals surface area contributed by atoms with E-state index >= 15 is 0 Å². The number of hydrogen-bond acceptors (Lipinski definition) is 5. The van der Waals surface area contributed by atoms with Gasteiger partial charge in [-0.1, -0.05) is 12.1 Å². The number of halogens is 1. The number of piperidine rings is 1. The summed E-state index contributed by atoms with van der Waals surface area (Å²) in [4.78, 5) is 22.3. The van der Waals surface area contributed by atoms with Gasteiger partial charge in [0.05, 0.1) is 16.2 Å². The van der Waals surface area contributed by atoms with Crippen molar-refractivity contribution >= 4 is 21.6 Å². The molecule has 3 rings (SSSR count). The molecule has 0 spiro atoms. The van der Waals surface area contributed by atoms with Crippen LogP contribution in [0.3, 0.4) is 0 Å². The zero-order chi connectivity index (χ0) is 21.0. The number of non-ortho nitro benzene ring substituents is 1. The van der Waals surface area contributed by atoms with Gasteiger partial charge in [-0.05, 0) is 42.7 Å². The number of nitrogens with zero attached hydrogens (tertiary/aromatic N) is 2. The monoisotopic (exact) mass is 421 g/mol. The maximum absolute atomic E-state index is 12.9. The first kappa shape index (κ1) is 20.9. The van der Waals surface area contributed by atoms with Crippen molar-refractivity contribution in [3.63, 3.8) is 0 Å². The van der Waals surface area contributed by atoms with Crippen molar-refractivity contribution in [1.82, 2.24) is 9.62 Å². The predicted molar refractivity (Wildman–Crippen MR) is 103 cm³/mol. The van der Waals surface area contributed by atoms with E-state index in [0.717, 1.165) is 12.1 Å². The molecule has 1 aliphatic rings. The number of rotatable bonds is 6. The summed E-state index contributed by atoms with van der Waals surface area (Å²) in [5.41, 5.74) is 0.522. The first-order valence-corrected chi connectivity index (χ1v) is 10.5. The van der Waals surface area contributed by atoms with Gasteiger partial charge >= 0.3 is 0 Å². The summed E-state index contributed by atoms with van der Waals surface area (Å²) in [6.45, 7) is 0.474. The Labute approximate surface area is 167 Å². The van der Waals surface area contributed by atoms with Crippen LogP contribution in [0.1, 0.15) is 18.4 Å². The quantitative estimate of drug-likeness (QED) is 0.568. The number of benzene rings is 2. The normalized spacial score (nSPS) is 15.8. The van der Waals surface area contributed by atoms with Crippen LogP contribution >= 0.6 is 0 Å². The molecule has 1 N–H and O–H groups in total. The van der Waals surface area contributed by atoms with E-state index in [1.807, 2.05) is 0 Å². The molecule has 0 aromatic heterocycles. The number of nitro groups is 1. The molecule has 10 heteroatoms. The molecule has 8 nitrogen and oxygen atoms in total. The minimum Gasteiger partial charge on any atom is -0.353 e. The first-order valence-electron chi connectivity index (χ1n) is 9.04. The van der Waals surface area contributed by atoms with Crippen molar-refractivity contribution in [2.45, 2.75) is 30.2 Å². The third-order valence-electron chi connectivity index (χ3n) is 4.78. The molecule has 1 saturated heterocycles. The number of hydrogen-bond donors (Lipinski definition) is 1. The van der Waals surface area contributed by atoms with E-state index < -0.39 is 14.9 Å². The second kappa shape index (κ2) is 8.66. The molecule has 0 atom stereocenters. The molecule has 1 fully saturated rings. The number of amides is 1. The highest BCUT2D eigenvalue weighted by atomic mass is 32.2. The van der Waals surface area contributed by atoms with E-state index in [-0.39, 0.29) is 47.9 Å². The Kier molecular flexibility index (Phi) is 6.23. The summed E-state index contributed by atoms with van der Waals surface area (Å²) in [7, 11) is -3.75. The van der Waals surface area contributed by atoms with Crippen molar-refractivity contribution in [2.75, 3.05) is 13.1 Å². The lowest BCUT2D eigenvalue weighted by atomic mass is 10.1. The Morgan fingerprint density at radius 1 is 1.10 bits per heavy atom. The molecule has 0 radical (unpaired) electrons. The molecular weight excluding hydrogens is 401 g/mol. The van der Waals surface area contributed by atoms with Crippen molar-refractivity contribution in [3.05, 3.63) is 70.0 Å². The number of sulfonamides is 1. The standard InChI is InChI=1S/C19H20FN3O5S/c20-15-3-1-14(2-4-15)13-19(24)21-16-9-11-22(12-10-16)29(27,28)18-7-5-17(6-8-18)23(25)26/h1-8,16H,9-13H2,(H,21,24). The molecule has 2 aromatic carbocycles. The molecule has 154 valence electrons. The van der Waals surface area contributed by atoms with Gasteiger partial charge in [0.25, 0.3) is 5.69 Å². The van der Waals surface area contributed by atoms with Gasteiger partial charge in [0.1, 0.15) is 5.82 Å². The molecule has 1 amide bonds. The Bertz CT molecular complexity index is 986. The van der Waals surface area contributed by atoms with E-state index in [1.54, 1.807) is 12.1 Å². The second-order valence-electron chi connectivity index (χ2n) is 6.80. The Balaban J connectivity index is 1.54. The molecule has 0 saturated carbocycles. The van der Waals surface area contributed by atoms with E-state index in [4.69, 9.17) is 0 Å². The third-order valence-corrected chi connectivity index (χ3v) is 6.70. The number of nitro benzene ring substituents is 1. The van der Waals surface area contributed by atoms with Gasteiger partial charge < -0.3 is 5.32 Å². The van der Waals surface area contributed by atoms with Crippen molar-refractivity contribution < 1.29 is 22.5 Å². The Hall–Kier alpha value is -2.85. The van der Waals surface area contributed by atoms with Crippen LogP contribution in [0.5, 0.6) is 0 Å². The van der Waals surface area contributed by atoms with Crippen LogP contribution in [0.25, 0.3) is 0 Å². The van der Waals surface area contributed by atoms with Gasteiger partial charge in [-0.2, -0.15) is 4.31 Å². The average molecular weight is 421 g/mol. The molecule has 2 aromatic rings. The SMILES string of the molecule is O=C(Cc1ccc(F)cc1)NC1CCN(S(=O)(=O)c2ccc([N+](=O)[O-])cc2)CC1. The molecule has 0 unspecified atom stereocenters. The van der Waals surface area contributed by atoms with E-state index in [0.29, 0.717) is 18.4 Å². The van der Waals surface area contributed by atoms with Crippen LogP contribution in [-0.4, -0.2) is 42.7 Å². The third kappa shape index (κ3) is 5.15. The van der Waals surface area contributed by atoms with Crippen molar-refractivity contribution in [1.29, 1.82) is 0 Å². The lowest BCUT2D eigenvalue weighted by Crippen LogP contribution is -2.46. The summed E-state index contributed by atoms with van der Waals surface area (Å²) >= 11 is 0. The zero-order valence-corrected chi connectivity index (χ0v) is 16.3. The molecule has 1 aliphatic heterocycles. The summed E-state index contributed by atoms with van der Waals surface area (Å²) in [5.74, 6) is -0.566. The summed E-state index contributed by atoms with van der Waals surface area (Å²) in [5, 5.41) is 13.6. The van der Waals surface area contributed by atoms with Crippen LogP contribution < -0.4 is 5.32 Å². The van der Waals surface area contributed by atoms with Crippen LogP contribution in [0.4, 0.5) is 10.1 Å². The topological polar surface area (TPSA) is 110 Å². The van der Waals surface area contributed by atoms with Gasteiger partial charge in [0.2, 0.25) is 15.9 Å². The summed E-state index contributed by atoms with van der Waals surface area (Å²) in [6, 6.07) is 10.3. The van der Waals surface area contributed by atoms with Crippen LogP contribution in [-0.2, 0) is 21.2 Å². The highest BCUT2D eigenvalue weighted by Crippen LogP contribution is 2.23.